The predicted molar refractivity (Wildman–Crippen MR) is 131 cm³/mol. The molecular formula is C25H23N5O6. The van der Waals surface area contributed by atoms with Crippen LogP contribution >= 0.6 is 0 Å². The van der Waals surface area contributed by atoms with Gasteiger partial charge in [-0.2, -0.15) is 5.10 Å². The number of ether oxygens (including phenoxy) is 1. The summed E-state index contributed by atoms with van der Waals surface area (Å²) >= 11 is 0. The maximum Gasteiger partial charge on any atom is 0.291 e. The van der Waals surface area contributed by atoms with Gasteiger partial charge < -0.3 is 19.8 Å². The van der Waals surface area contributed by atoms with E-state index in [1.165, 1.54) is 18.2 Å². The summed E-state index contributed by atoms with van der Waals surface area (Å²) < 4.78 is 12.8. The second-order valence-electron chi connectivity index (χ2n) is 7.78. The van der Waals surface area contributed by atoms with Gasteiger partial charge in [-0.1, -0.05) is 6.07 Å². The Hall–Kier alpha value is -4.93. The lowest BCUT2D eigenvalue weighted by Crippen LogP contribution is -2.17. The van der Waals surface area contributed by atoms with E-state index >= 15 is 0 Å². The van der Waals surface area contributed by atoms with Gasteiger partial charge in [-0.25, -0.2) is 0 Å². The zero-order valence-electron chi connectivity index (χ0n) is 19.6. The monoisotopic (exact) mass is 489 g/mol. The number of nitro groups is 1. The van der Waals surface area contributed by atoms with Crippen LogP contribution in [-0.2, 0) is 13.2 Å². The molecular weight excluding hydrogens is 466 g/mol. The van der Waals surface area contributed by atoms with Crippen molar-refractivity contribution in [1.29, 1.82) is 0 Å². The third-order valence-electron chi connectivity index (χ3n) is 5.26. The number of aryl methyl sites for hydroxylation is 2. The first-order valence-electron chi connectivity index (χ1n) is 11.0. The van der Waals surface area contributed by atoms with Crippen LogP contribution in [0.2, 0.25) is 0 Å². The second kappa shape index (κ2) is 10.6. The molecule has 11 heteroatoms. The number of nitro benzene ring substituents is 1. The van der Waals surface area contributed by atoms with E-state index in [9.17, 15) is 19.7 Å². The molecule has 0 radical (unpaired) electrons. The van der Waals surface area contributed by atoms with Gasteiger partial charge >= 0.3 is 0 Å². The number of carbonyl (C=O) groups excluding carboxylic acids is 2. The van der Waals surface area contributed by atoms with Crippen LogP contribution in [0.5, 0.6) is 5.75 Å². The van der Waals surface area contributed by atoms with Gasteiger partial charge in [0.1, 0.15) is 23.8 Å². The molecule has 0 aliphatic heterocycles. The lowest BCUT2D eigenvalue weighted by Gasteiger charge is -2.09. The fourth-order valence-corrected chi connectivity index (χ4v) is 3.49. The van der Waals surface area contributed by atoms with Gasteiger partial charge in [-0.15, -0.1) is 0 Å². The summed E-state index contributed by atoms with van der Waals surface area (Å²) in [6.45, 7) is 4.12. The molecule has 0 fully saturated rings. The average Bonchev–Trinajstić information content (AvgIpc) is 3.52. The number of anilines is 2. The fraction of sp³-hybridized carbons (Fsp3) is 0.160. The molecule has 2 aromatic heterocycles. The van der Waals surface area contributed by atoms with Crippen molar-refractivity contribution < 1.29 is 23.7 Å². The van der Waals surface area contributed by atoms with E-state index in [1.807, 2.05) is 6.92 Å². The van der Waals surface area contributed by atoms with Crippen LogP contribution in [0.25, 0.3) is 0 Å². The molecule has 36 heavy (non-hydrogen) atoms. The zero-order valence-corrected chi connectivity index (χ0v) is 19.6. The normalized spacial score (nSPS) is 10.6. The number of benzene rings is 2. The van der Waals surface area contributed by atoms with Gasteiger partial charge in [0.15, 0.2) is 5.76 Å². The number of hydrogen-bond donors (Lipinski definition) is 2. The number of rotatable bonds is 9. The first kappa shape index (κ1) is 24.2. The van der Waals surface area contributed by atoms with Crippen LogP contribution in [0.4, 0.5) is 17.1 Å². The van der Waals surface area contributed by atoms with Crippen LogP contribution in [0.15, 0.2) is 71.3 Å². The minimum atomic E-state index is -0.472. The van der Waals surface area contributed by atoms with Gasteiger partial charge in [-0.05, 0) is 62.4 Å². The molecule has 4 rings (SSSR count). The number of nitrogens with zero attached hydrogens (tertiary/aromatic N) is 3. The molecule has 0 bridgehead atoms. The molecule has 184 valence electrons. The van der Waals surface area contributed by atoms with Gasteiger partial charge in [0.25, 0.3) is 17.5 Å². The minimum absolute atomic E-state index is 0.00974. The highest BCUT2D eigenvalue weighted by Crippen LogP contribution is 2.24. The summed E-state index contributed by atoms with van der Waals surface area (Å²) in [5, 5.41) is 20.6. The highest BCUT2D eigenvalue weighted by molar-refractivity contribution is 6.05. The molecule has 11 nitrogen and oxygen atoms in total. The minimum Gasteiger partial charge on any atom is -0.486 e. The molecule has 2 N–H and O–H groups in total. The lowest BCUT2D eigenvalue weighted by atomic mass is 10.2. The van der Waals surface area contributed by atoms with Crippen LogP contribution in [0, 0.1) is 17.0 Å². The highest BCUT2D eigenvalue weighted by atomic mass is 16.6. The van der Waals surface area contributed by atoms with Crippen molar-refractivity contribution in [1.82, 2.24) is 9.78 Å². The summed E-state index contributed by atoms with van der Waals surface area (Å²) in [6.07, 6.45) is 1.56. The molecule has 0 unspecified atom stereocenters. The van der Waals surface area contributed by atoms with E-state index in [4.69, 9.17) is 9.15 Å². The van der Waals surface area contributed by atoms with E-state index in [2.05, 4.69) is 15.7 Å². The standard InChI is InChI=1S/C25H23N5O6/c1-3-29-22(11-12-26-29)24(31)27-17-5-4-6-18(14-17)28-25(32)23-10-8-20(36-23)15-35-19-7-9-21(30(33)34)16(2)13-19/h4-14H,3,15H2,1-2H3,(H,27,31)(H,28,32). The molecule has 0 saturated heterocycles. The number of hydrogen-bond acceptors (Lipinski definition) is 7. The van der Waals surface area contributed by atoms with E-state index in [1.54, 1.807) is 60.3 Å². The van der Waals surface area contributed by atoms with Gasteiger partial charge in [-0.3, -0.25) is 24.4 Å². The van der Waals surface area contributed by atoms with Crippen molar-refractivity contribution in [3.05, 3.63) is 99.8 Å². The maximum atomic E-state index is 12.6. The fourth-order valence-electron chi connectivity index (χ4n) is 3.49. The SMILES string of the molecule is CCn1nccc1C(=O)Nc1cccc(NC(=O)c2ccc(COc3ccc([N+](=O)[O-])c(C)c3)o2)c1. The lowest BCUT2D eigenvalue weighted by molar-refractivity contribution is -0.385. The predicted octanol–water partition coefficient (Wildman–Crippen LogP) is 4.80. The molecule has 2 amide bonds. The molecule has 0 aliphatic rings. The zero-order chi connectivity index (χ0) is 25.7. The third-order valence-corrected chi connectivity index (χ3v) is 5.26. The molecule has 0 saturated carbocycles. The van der Waals surface area contributed by atoms with E-state index in [0.717, 1.165) is 0 Å². The Morgan fingerprint density at radius 1 is 1.06 bits per heavy atom. The van der Waals surface area contributed by atoms with Crippen LogP contribution in [0.1, 0.15) is 39.3 Å². The van der Waals surface area contributed by atoms with E-state index in [-0.39, 0.29) is 24.0 Å². The van der Waals surface area contributed by atoms with Crippen LogP contribution < -0.4 is 15.4 Å². The van der Waals surface area contributed by atoms with Gasteiger partial charge in [0.2, 0.25) is 0 Å². The number of amides is 2. The van der Waals surface area contributed by atoms with Gasteiger partial charge in [0, 0.05) is 35.7 Å². The Morgan fingerprint density at radius 3 is 2.50 bits per heavy atom. The molecule has 2 aromatic carbocycles. The van der Waals surface area contributed by atoms with Crippen LogP contribution in [-0.4, -0.2) is 26.5 Å². The van der Waals surface area contributed by atoms with E-state index < -0.39 is 10.8 Å². The average molecular weight is 489 g/mol. The summed E-state index contributed by atoms with van der Waals surface area (Å²) in [6, 6.07) is 15.9. The smallest absolute Gasteiger partial charge is 0.291 e. The topological polar surface area (TPSA) is 142 Å². The molecule has 0 aliphatic carbocycles. The summed E-state index contributed by atoms with van der Waals surface area (Å²) in [7, 11) is 0. The summed E-state index contributed by atoms with van der Waals surface area (Å²) in [4.78, 5) is 35.7. The first-order chi connectivity index (χ1) is 17.3. The Labute approximate surface area is 205 Å². The second-order valence-corrected chi connectivity index (χ2v) is 7.78. The number of furan rings is 1. The third kappa shape index (κ3) is 5.58. The summed E-state index contributed by atoms with van der Waals surface area (Å²) in [5.74, 6) is 0.150. The number of nitrogens with one attached hydrogen (secondary N) is 2. The molecule has 0 spiro atoms. The van der Waals surface area contributed by atoms with Crippen LogP contribution in [0.3, 0.4) is 0 Å². The van der Waals surface area contributed by atoms with E-state index in [0.29, 0.717) is 40.7 Å². The number of carbonyl (C=O) groups is 2. The quantitative estimate of drug-likeness (QED) is 0.254. The Morgan fingerprint density at radius 2 is 1.81 bits per heavy atom. The van der Waals surface area contributed by atoms with Crippen molar-refractivity contribution in [2.24, 2.45) is 0 Å². The van der Waals surface area contributed by atoms with Crippen molar-refractivity contribution >= 4 is 28.9 Å². The highest BCUT2D eigenvalue weighted by Gasteiger charge is 2.15. The number of aromatic nitrogens is 2. The molecule has 2 heterocycles. The Bertz CT molecular complexity index is 1420. The Balaban J connectivity index is 1.35. The first-order valence-corrected chi connectivity index (χ1v) is 11.0. The van der Waals surface area contributed by atoms with Crippen molar-refractivity contribution in [2.45, 2.75) is 27.0 Å². The maximum absolute atomic E-state index is 12.6. The summed E-state index contributed by atoms with van der Waals surface area (Å²) in [5.41, 5.74) is 1.90. The van der Waals surface area contributed by atoms with Crippen molar-refractivity contribution in [3.8, 4) is 5.75 Å². The largest absolute Gasteiger partial charge is 0.486 e. The molecule has 0 atom stereocenters. The van der Waals surface area contributed by atoms with Crippen molar-refractivity contribution in [3.63, 3.8) is 0 Å². The van der Waals surface area contributed by atoms with Gasteiger partial charge in [0.05, 0.1) is 4.92 Å². The molecule has 4 aromatic rings. The van der Waals surface area contributed by atoms with Crippen molar-refractivity contribution in [2.75, 3.05) is 10.6 Å². The Kier molecular flexibility index (Phi) is 7.10.